The Morgan fingerprint density at radius 3 is 2.90 bits per heavy atom. The molecular formula is C19H28O. The molecule has 0 aromatic carbocycles. The summed E-state index contributed by atoms with van der Waals surface area (Å²) in [5, 5.41) is 9.95. The molecule has 4 rings (SSSR count). The Hall–Kier alpha value is -0.560. The Labute approximate surface area is 123 Å². The van der Waals surface area contributed by atoms with Gasteiger partial charge in [0.05, 0.1) is 6.61 Å². The van der Waals surface area contributed by atoms with Crippen LogP contribution in [-0.4, -0.2) is 11.7 Å². The first-order valence-corrected chi connectivity index (χ1v) is 8.70. The van der Waals surface area contributed by atoms with Gasteiger partial charge in [-0.2, -0.15) is 0 Å². The molecule has 1 unspecified atom stereocenters. The fourth-order valence-electron chi connectivity index (χ4n) is 6.29. The molecule has 0 amide bonds. The number of aliphatic hydroxyl groups is 1. The Balaban J connectivity index is 1.68. The van der Waals surface area contributed by atoms with Gasteiger partial charge in [0.15, 0.2) is 0 Å². The lowest BCUT2D eigenvalue weighted by molar-refractivity contribution is -0.0530. The van der Waals surface area contributed by atoms with E-state index in [9.17, 15) is 5.11 Å². The molecule has 1 nitrogen and oxygen atoms in total. The Bertz CT molecular complexity index is 462. The molecule has 1 N–H and O–H groups in total. The van der Waals surface area contributed by atoms with Crippen molar-refractivity contribution in [1.29, 1.82) is 0 Å². The fourth-order valence-corrected chi connectivity index (χ4v) is 6.29. The van der Waals surface area contributed by atoms with Crippen LogP contribution in [0.5, 0.6) is 0 Å². The van der Waals surface area contributed by atoms with E-state index in [0.29, 0.717) is 12.0 Å². The van der Waals surface area contributed by atoms with E-state index in [1.54, 1.807) is 5.57 Å². The van der Waals surface area contributed by atoms with Crippen molar-refractivity contribution < 1.29 is 5.11 Å². The number of allylic oxidation sites excluding steroid dienone is 2. The van der Waals surface area contributed by atoms with Gasteiger partial charge in [-0.15, -0.1) is 0 Å². The second kappa shape index (κ2) is 4.47. The maximum absolute atomic E-state index is 9.95. The maximum Gasteiger partial charge on any atom is 0.0559 e. The van der Waals surface area contributed by atoms with Gasteiger partial charge in [0.2, 0.25) is 0 Å². The minimum absolute atomic E-state index is 0.0268. The third-order valence-electron chi connectivity index (χ3n) is 7.46. The van der Waals surface area contributed by atoms with Crippen LogP contribution in [0.25, 0.3) is 0 Å². The molecule has 0 aromatic rings. The summed E-state index contributed by atoms with van der Waals surface area (Å²) in [7, 11) is 0. The van der Waals surface area contributed by atoms with E-state index in [4.69, 9.17) is 0 Å². The Kier molecular flexibility index (Phi) is 2.93. The van der Waals surface area contributed by atoms with E-state index >= 15 is 0 Å². The average molecular weight is 272 g/mol. The quantitative estimate of drug-likeness (QED) is 0.746. The van der Waals surface area contributed by atoms with Crippen molar-refractivity contribution in [1.82, 2.24) is 0 Å². The van der Waals surface area contributed by atoms with Gasteiger partial charge in [-0.05, 0) is 61.7 Å². The molecule has 3 saturated carbocycles. The first-order chi connectivity index (χ1) is 9.70. The third-order valence-corrected chi connectivity index (χ3v) is 7.46. The monoisotopic (exact) mass is 272 g/mol. The van der Waals surface area contributed by atoms with E-state index < -0.39 is 0 Å². The van der Waals surface area contributed by atoms with Crippen molar-refractivity contribution in [3.8, 4) is 0 Å². The van der Waals surface area contributed by atoms with Crippen molar-refractivity contribution in [2.75, 3.05) is 6.61 Å². The topological polar surface area (TPSA) is 20.2 Å². The highest BCUT2D eigenvalue weighted by atomic mass is 16.3. The van der Waals surface area contributed by atoms with E-state index in [1.807, 2.05) is 0 Å². The van der Waals surface area contributed by atoms with Crippen molar-refractivity contribution in [2.24, 2.45) is 28.6 Å². The summed E-state index contributed by atoms with van der Waals surface area (Å²) in [6.45, 7) is 2.92. The van der Waals surface area contributed by atoms with Crippen LogP contribution in [0.4, 0.5) is 0 Å². The second-order valence-corrected chi connectivity index (χ2v) is 8.07. The highest BCUT2D eigenvalue weighted by molar-refractivity contribution is 5.38. The highest BCUT2D eigenvalue weighted by Crippen LogP contribution is 2.63. The highest BCUT2D eigenvalue weighted by Gasteiger charge is 2.54. The van der Waals surface area contributed by atoms with Crippen LogP contribution in [0.1, 0.15) is 58.3 Å². The molecule has 1 heteroatoms. The lowest BCUT2D eigenvalue weighted by Crippen LogP contribution is -2.50. The molecule has 0 heterocycles. The van der Waals surface area contributed by atoms with Crippen LogP contribution in [0.3, 0.4) is 0 Å². The Morgan fingerprint density at radius 1 is 1.15 bits per heavy atom. The molecule has 3 fully saturated rings. The predicted molar refractivity (Wildman–Crippen MR) is 82.3 cm³/mol. The predicted octanol–water partition coefficient (Wildman–Crippen LogP) is 4.48. The zero-order valence-corrected chi connectivity index (χ0v) is 12.8. The Morgan fingerprint density at radius 2 is 2.05 bits per heavy atom. The molecule has 4 aliphatic carbocycles. The molecule has 0 saturated heterocycles. The zero-order chi connectivity index (χ0) is 13.8. The summed E-state index contributed by atoms with van der Waals surface area (Å²) in [6, 6.07) is 0. The van der Waals surface area contributed by atoms with Crippen molar-refractivity contribution >= 4 is 0 Å². The number of aliphatic hydroxyl groups excluding tert-OH is 1. The van der Waals surface area contributed by atoms with E-state index in [1.165, 1.54) is 51.4 Å². The fraction of sp³-hybridized carbons (Fsp3) is 0.789. The molecule has 4 aliphatic rings. The van der Waals surface area contributed by atoms with Crippen molar-refractivity contribution in [3.05, 3.63) is 23.8 Å². The van der Waals surface area contributed by atoms with Gasteiger partial charge in [-0.3, -0.25) is 0 Å². The van der Waals surface area contributed by atoms with Crippen LogP contribution < -0.4 is 0 Å². The molecule has 110 valence electrons. The molecule has 0 aliphatic heterocycles. The maximum atomic E-state index is 9.95. The SMILES string of the molecule is C[C@]12CCCCC1CC[C@H]1C3=CC=C[C@@]3(CO)CC[C@@H]12. The van der Waals surface area contributed by atoms with Gasteiger partial charge >= 0.3 is 0 Å². The summed E-state index contributed by atoms with van der Waals surface area (Å²) < 4.78 is 0. The number of fused-ring (bicyclic) bond motifs is 5. The first kappa shape index (κ1) is 13.1. The van der Waals surface area contributed by atoms with E-state index in [2.05, 4.69) is 25.2 Å². The average Bonchev–Trinajstić information content (AvgIpc) is 2.91. The lowest BCUT2D eigenvalue weighted by atomic mass is 9.46. The van der Waals surface area contributed by atoms with Crippen molar-refractivity contribution in [3.63, 3.8) is 0 Å². The normalized spacial score (nSPS) is 50.1. The standard InChI is InChI=1S/C19H28O/c1-18-10-3-2-5-14(18)7-8-15-16(18)9-12-19(13-20)11-4-6-17(15)19/h4,6,11,14-16,20H,2-3,5,7-10,12-13H2,1H3/t14?,15-,16+,18+,19+/m1/s1. The molecule has 0 bridgehead atoms. The molecule has 0 spiro atoms. The van der Waals surface area contributed by atoms with Crippen LogP contribution in [-0.2, 0) is 0 Å². The van der Waals surface area contributed by atoms with Gasteiger partial charge in [-0.25, -0.2) is 0 Å². The minimum Gasteiger partial charge on any atom is -0.395 e. The summed E-state index contributed by atoms with van der Waals surface area (Å²) in [4.78, 5) is 0. The smallest absolute Gasteiger partial charge is 0.0559 e. The van der Waals surface area contributed by atoms with Gasteiger partial charge in [0, 0.05) is 5.41 Å². The third kappa shape index (κ3) is 1.59. The van der Waals surface area contributed by atoms with Gasteiger partial charge < -0.3 is 5.11 Å². The molecule has 20 heavy (non-hydrogen) atoms. The first-order valence-electron chi connectivity index (χ1n) is 8.70. The van der Waals surface area contributed by atoms with Crippen molar-refractivity contribution in [2.45, 2.75) is 58.3 Å². The van der Waals surface area contributed by atoms with E-state index in [0.717, 1.165) is 17.8 Å². The number of rotatable bonds is 1. The van der Waals surface area contributed by atoms with Gasteiger partial charge in [0.1, 0.15) is 0 Å². The summed E-state index contributed by atoms with van der Waals surface area (Å²) in [5.41, 5.74) is 2.20. The minimum atomic E-state index is 0.0268. The number of hydrogen-bond acceptors (Lipinski definition) is 1. The lowest BCUT2D eigenvalue weighted by Gasteiger charge is -2.58. The van der Waals surface area contributed by atoms with Gasteiger partial charge in [-0.1, -0.05) is 43.6 Å². The van der Waals surface area contributed by atoms with E-state index in [-0.39, 0.29) is 5.41 Å². The molecule has 5 atom stereocenters. The summed E-state index contributed by atoms with van der Waals surface area (Å²) in [6.07, 6.45) is 18.0. The van der Waals surface area contributed by atoms with Crippen LogP contribution >= 0.6 is 0 Å². The summed E-state index contributed by atoms with van der Waals surface area (Å²) in [5.74, 6) is 2.62. The van der Waals surface area contributed by atoms with Crippen LogP contribution in [0.15, 0.2) is 23.8 Å². The van der Waals surface area contributed by atoms with Gasteiger partial charge in [0.25, 0.3) is 0 Å². The largest absolute Gasteiger partial charge is 0.395 e. The zero-order valence-electron chi connectivity index (χ0n) is 12.8. The summed E-state index contributed by atoms with van der Waals surface area (Å²) >= 11 is 0. The molecular weight excluding hydrogens is 244 g/mol. The second-order valence-electron chi connectivity index (χ2n) is 8.07. The number of hydrogen-bond donors (Lipinski definition) is 1. The van der Waals surface area contributed by atoms with Crippen LogP contribution in [0, 0.1) is 28.6 Å². The molecule has 0 radical (unpaired) electrons. The molecule has 0 aromatic heterocycles. The van der Waals surface area contributed by atoms with Crippen LogP contribution in [0.2, 0.25) is 0 Å².